The van der Waals surface area contributed by atoms with Crippen LogP contribution in [0.25, 0.3) is 0 Å². The van der Waals surface area contributed by atoms with E-state index in [9.17, 15) is 9.59 Å². The van der Waals surface area contributed by atoms with Gasteiger partial charge in [0.05, 0.1) is 0 Å². The molecule has 0 aliphatic carbocycles. The van der Waals surface area contributed by atoms with Crippen molar-refractivity contribution in [3.63, 3.8) is 0 Å². The van der Waals surface area contributed by atoms with Crippen molar-refractivity contribution >= 4 is 11.9 Å². The van der Waals surface area contributed by atoms with Crippen LogP contribution in [0.2, 0.25) is 0 Å². The van der Waals surface area contributed by atoms with Gasteiger partial charge in [0, 0.05) is 32.8 Å². The Morgan fingerprint density at radius 2 is 2.00 bits per heavy atom. The summed E-state index contributed by atoms with van der Waals surface area (Å²) in [5.74, 6) is -0.707. The first-order chi connectivity index (χ1) is 9.13. The number of hydrogen-bond acceptors (Lipinski definition) is 4. The maximum atomic E-state index is 12.1. The van der Waals surface area contributed by atoms with Crippen LogP contribution < -0.4 is 0 Å². The van der Waals surface area contributed by atoms with Gasteiger partial charge >= 0.3 is 5.97 Å². The van der Waals surface area contributed by atoms with E-state index in [2.05, 4.69) is 0 Å². The van der Waals surface area contributed by atoms with Crippen LogP contribution in [0.15, 0.2) is 0 Å². The van der Waals surface area contributed by atoms with Gasteiger partial charge < -0.3 is 14.7 Å². The van der Waals surface area contributed by atoms with Crippen molar-refractivity contribution in [1.29, 1.82) is 0 Å². The van der Waals surface area contributed by atoms with Crippen LogP contribution in [0.5, 0.6) is 0 Å². The molecule has 2 fully saturated rings. The second kappa shape index (κ2) is 6.34. The predicted molar refractivity (Wildman–Crippen MR) is 68.8 cm³/mol. The van der Waals surface area contributed by atoms with Crippen LogP contribution in [0.4, 0.5) is 0 Å². The van der Waals surface area contributed by atoms with Gasteiger partial charge in [-0.1, -0.05) is 6.92 Å². The van der Waals surface area contributed by atoms with Crippen LogP contribution >= 0.6 is 0 Å². The van der Waals surface area contributed by atoms with E-state index < -0.39 is 12.0 Å². The van der Waals surface area contributed by atoms with E-state index in [1.165, 1.54) is 0 Å². The molecule has 0 aromatic carbocycles. The van der Waals surface area contributed by atoms with Crippen molar-refractivity contribution in [3.8, 4) is 0 Å². The number of piperazine rings is 1. The molecule has 19 heavy (non-hydrogen) atoms. The summed E-state index contributed by atoms with van der Waals surface area (Å²) in [5.41, 5.74) is 0. The molecule has 1 N–H and O–H groups in total. The Morgan fingerprint density at radius 1 is 1.32 bits per heavy atom. The smallest absolute Gasteiger partial charge is 0.320 e. The van der Waals surface area contributed by atoms with E-state index in [1.54, 1.807) is 4.90 Å². The van der Waals surface area contributed by atoms with Crippen LogP contribution in [0, 0.1) is 0 Å². The zero-order valence-electron chi connectivity index (χ0n) is 11.4. The molecule has 2 aliphatic rings. The molecule has 2 rings (SSSR count). The highest BCUT2D eigenvalue weighted by Gasteiger charge is 2.33. The van der Waals surface area contributed by atoms with Gasteiger partial charge in [0.15, 0.2) is 0 Å². The third-order valence-electron chi connectivity index (χ3n) is 3.94. The Balaban J connectivity index is 1.84. The lowest BCUT2D eigenvalue weighted by Crippen LogP contribution is -2.55. The van der Waals surface area contributed by atoms with Gasteiger partial charge in [0.2, 0.25) is 0 Å². The average Bonchev–Trinajstić information content (AvgIpc) is 2.93. The third kappa shape index (κ3) is 3.25. The third-order valence-corrected chi connectivity index (χ3v) is 3.94. The first-order valence-corrected chi connectivity index (χ1v) is 7.00. The standard InChI is InChI=1S/C13H22N2O4/c1-2-10(13(17)18)14-5-7-15(8-6-14)12(16)11-4-3-9-19-11/h10-11H,2-9H2,1H3,(H,17,18). The van der Waals surface area contributed by atoms with E-state index in [0.29, 0.717) is 39.2 Å². The molecule has 0 spiro atoms. The zero-order chi connectivity index (χ0) is 13.8. The number of ether oxygens (including phenoxy) is 1. The number of carboxylic acid groups (broad SMARTS) is 1. The maximum Gasteiger partial charge on any atom is 0.320 e. The molecule has 6 heteroatoms. The monoisotopic (exact) mass is 270 g/mol. The van der Waals surface area contributed by atoms with Crippen LogP contribution in [-0.2, 0) is 14.3 Å². The molecular formula is C13H22N2O4. The molecule has 2 saturated heterocycles. The molecule has 0 saturated carbocycles. The van der Waals surface area contributed by atoms with Gasteiger partial charge in [-0.05, 0) is 19.3 Å². The summed E-state index contributed by atoms with van der Waals surface area (Å²) in [4.78, 5) is 27.0. The maximum absolute atomic E-state index is 12.1. The summed E-state index contributed by atoms with van der Waals surface area (Å²) >= 11 is 0. The Kier molecular flexibility index (Phi) is 4.76. The van der Waals surface area contributed by atoms with E-state index >= 15 is 0 Å². The molecule has 2 aliphatic heterocycles. The summed E-state index contributed by atoms with van der Waals surface area (Å²) in [6, 6.07) is -0.431. The molecule has 0 bridgehead atoms. The number of carbonyl (C=O) groups is 2. The summed E-state index contributed by atoms with van der Waals surface area (Å²) in [7, 11) is 0. The van der Waals surface area contributed by atoms with Crippen molar-refractivity contribution in [2.45, 2.75) is 38.3 Å². The number of nitrogens with zero attached hydrogens (tertiary/aromatic N) is 2. The van der Waals surface area contributed by atoms with Gasteiger partial charge in [-0.25, -0.2) is 0 Å². The van der Waals surface area contributed by atoms with Crippen molar-refractivity contribution in [2.24, 2.45) is 0 Å². The molecule has 0 aromatic heterocycles. The highest BCUT2D eigenvalue weighted by atomic mass is 16.5. The van der Waals surface area contributed by atoms with Crippen LogP contribution in [0.1, 0.15) is 26.2 Å². The zero-order valence-corrected chi connectivity index (χ0v) is 11.4. The van der Waals surface area contributed by atoms with Gasteiger partial charge in [0.25, 0.3) is 5.91 Å². The largest absolute Gasteiger partial charge is 0.480 e. The number of hydrogen-bond donors (Lipinski definition) is 1. The topological polar surface area (TPSA) is 70.1 Å². The molecular weight excluding hydrogens is 248 g/mol. The predicted octanol–water partition coefficient (Wildman–Crippen LogP) is 0.173. The average molecular weight is 270 g/mol. The first kappa shape index (κ1) is 14.3. The van der Waals surface area contributed by atoms with Gasteiger partial charge in [-0.15, -0.1) is 0 Å². The first-order valence-electron chi connectivity index (χ1n) is 7.00. The number of amides is 1. The number of carbonyl (C=O) groups excluding carboxylic acids is 1. The highest BCUT2D eigenvalue weighted by Crippen LogP contribution is 2.17. The Morgan fingerprint density at radius 3 is 2.47 bits per heavy atom. The normalized spacial score (nSPS) is 26.4. The second-order valence-corrected chi connectivity index (χ2v) is 5.13. The summed E-state index contributed by atoms with van der Waals surface area (Å²) in [6.45, 7) is 5.01. The highest BCUT2D eigenvalue weighted by molar-refractivity contribution is 5.81. The van der Waals surface area contributed by atoms with Crippen molar-refractivity contribution in [3.05, 3.63) is 0 Å². The SMILES string of the molecule is CCC(C(=O)O)N1CCN(C(=O)C2CCCO2)CC1. The molecule has 0 radical (unpaired) electrons. The summed E-state index contributed by atoms with van der Waals surface area (Å²) in [6.07, 6.45) is 2.08. The minimum Gasteiger partial charge on any atom is -0.480 e. The van der Waals surface area contributed by atoms with Gasteiger partial charge in [0.1, 0.15) is 12.1 Å². The molecule has 2 atom stereocenters. The van der Waals surface area contributed by atoms with Crippen molar-refractivity contribution < 1.29 is 19.4 Å². The summed E-state index contributed by atoms with van der Waals surface area (Å²) in [5, 5.41) is 9.13. The van der Waals surface area contributed by atoms with Gasteiger partial charge in [-0.2, -0.15) is 0 Å². The number of aliphatic carboxylic acids is 1. The summed E-state index contributed by atoms with van der Waals surface area (Å²) < 4.78 is 5.40. The van der Waals surface area contributed by atoms with E-state index in [0.717, 1.165) is 12.8 Å². The quantitative estimate of drug-likeness (QED) is 0.788. The lowest BCUT2D eigenvalue weighted by atomic mass is 10.1. The van der Waals surface area contributed by atoms with Gasteiger partial charge in [-0.3, -0.25) is 14.5 Å². The fraction of sp³-hybridized carbons (Fsp3) is 0.846. The molecule has 2 unspecified atom stereocenters. The lowest BCUT2D eigenvalue weighted by molar-refractivity contribution is -0.147. The van der Waals surface area contributed by atoms with Crippen LogP contribution in [-0.4, -0.2) is 71.7 Å². The Hall–Kier alpha value is -1.14. The Bertz CT molecular complexity index is 334. The second-order valence-electron chi connectivity index (χ2n) is 5.13. The minimum absolute atomic E-state index is 0.0699. The van der Waals surface area contributed by atoms with Crippen molar-refractivity contribution in [2.75, 3.05) is 32.8 Å². The van der Waals surface area contributed by atoms with Crippen LogP contribution in [0.3, 0.4) is 0 Å². The fourth-order valence-corrected chi connectivity index (χ4v) is 2.82. The molecule has 2 heterocycles. The van der Waals surface area contributed by atoms with E-state index in [-0.39, 0.29) is 12.0 Å². The molecule has 108 valence electrons. The number of carboxylic acids is 1. The Labute approximate surface area is 113 Å². The minimum atomic E-state index is -0.776. The molecule has 0 aromatic rings. The molecule has 1 amide bonds. The lowest BCUT2D eigenvalue weighted by Gasteiger charge is -2.38. The van der Waals surface area contributed by atoms with E-state index in [1.807, 2.05) is 11.8 Å². The number of rotatable bonds is 4. The van der Waals surface area contributed by atoms with Crippen molar-refractivity contribution in [1.82, 2.24) is 9.80 Å². The van der Waals surface area contributed by atoms with E-state index in [4.69, 9.17) is 9.84 Å². The molecule has 6 nitrogen and oxygen atoms in total. The fourth-order valence-electron chi connectivity index (χ4n) is 2.82.